The average molecular weight is 148 g/mol. The highest BCUT2D eigenvalue weighted by atomic mass is 16.7. The van der Waals surface area contributed by atoms with Crippen LogP contribution in [0, 0.1) is 0 Å². The monoisotopic (exact) mass is 148 g/mol. The van der Waals surface area contributed by atoms with E-state index in [4.69, 9.17) is 4.84 Å². The third-order valence-electron chi connectivity index (χ3n) is 1.67. The molecular formula is C8H8N2O. The fraction of sp³-hybridized carbons (Fsp3) is 0.250. The van der Waals surface area contributed by atoms with Crippen molar-refractivity contribution in [1.82, 2.24) is 0 Å². The van der Waals surface area contributed by atoms with Gasteiger partial charge in [-0.1, -0.05) is 24.3 Å². The standard InChI is InChI=1S/C8H8N2O/c1-2-4-7(5-3-1)8-6-11-10-9-8/h1-4H,5-6H2. The summed E-state index contributed by atoms with van der Waals surface area (Å²) in [6.45, 7) is 0.521. The van der Waals surface area contributed by atoms with Gasteiger partial charge < -0.3 is 4.84 Å². The number of hydrogen-bond donors (Lipinski definition) is 0. The van der Waals surface area contributed by atoms with Crippen molar-refractivity contribution in [2.75, 3.05) is 6.61 Å². The van der Waals surface area contributed by atoms with Gasteiger partial charge in [-0.3, -0.25) is 0 Å². The molecule has 1 aliphatic heterocycles. The van der Waals surface area contributed by atoms with Crippen LogP contribution >= 0.6 is 0 Å². The lowest BCUT2D eigenvalue weighted by Crippen LogP contribution is -1.90. The molecule has 2 rings (SSSR count). The molecule has 0 N–H and O–H groups in total. The molecule has 1 aliphatic carbocycles. The number of allylic oxidation sites excluding steroid dienone is 5. The number of rotatable bonds is 0. The largest absolute Gasteiger partial charge is 0.373 e. The smallest absolute Gasteiger partial charge is 0.163 e. The minimum absolute atomic E-state index is 0.521. The van der Waals surface area contributed by atoms with Gasteiger partial charge in [0.1, 0.15) is 5.70 Å². The van der Waals surface area contributed by atoms with Crippen LogP contribution in [-0.4, -0.2) is 6.61 Å². The molecule has 3 nitrogen and oxygen atoms in total. The average Bonchev–Trinajstić information content (AvgIpc) is 2.58. The van der Waals surface area contributed by atoms with Crippen LogP contribution in [0.25, 0.3) is 0 Å². The van der Waals surface area contributed by atoms with Crippen molar-refractivity contribution in [2.24, 2.45) is 10.4 Å². The highest BCUT2D eigenvalue weighted by Crippen LogP contribution is 2.19. The van der Waals surface area contributed by atoms with Crippen molar-refractivity contribution >= 4 is 0 Å². The van der Waals surface area contributed by atoms with Crippen molar-refractivity contribution < 1.29 is 4.84 Å². The van der Waals surface area contributed by atoms with Crippen molar-refractivity contribution in [3.63, 3.8) is 0 Å². The Hall–Kier alpha value is -1.38. The van der Waals surface area contributed by atoms with Crippen LogP contribution in [0.15, 0.2) is 46.0 Å². The lowest BCUT2D eigenvalue weighted by Gasteiger charge is -2.01. The Labute approximate surface area is 64.7 Å². The fourth-order valence-electron chi connectivity index (χ4n) is 1.08. The Morgan fingerprint density at radius 1 is 1.36 bits per heavy atom. The van der Waals surface area contributed by atoms with Crippen molar-refractivity contribution in [3.05, 3.63) is 35.6 Å². The van der Waals surface area contributed by atoms with E-state index >= 15 is 0 Å². The SMILES string of the molecule is C1=CCC(=C2CON=N2)C=C1. The zero-order chi connectivity index (χ0) is 7.52. The normalized spacial score (nSPS) is 27.6. The van der Waals surface area contributed by atoms with E-state index < -0.39 is 0 Å². The van der Waals surface area contributed by atoms with Crippen LogP contribution in [-0.2, 0) is 4.84 Å². The Bertz CT molecular complexity index is 274. The first-order chi connectivity index (χ1) is 5.47. The fourth-order valence-corrected chi connectivity index (χ4v) is 1.08. The van der Waals surface area contributed by atoms with E-state index in [0.717, 1.165) is 12.1 Å². The van der Waals surface area contributed by atoms with Crippen LogP contribution in [0.1, 0.15) is 6.42 Å². The summed E-state index contributed by atoms with van der Waals surface area (Å²) < 4.78 is 0. The van der Waals surface area contributed by atoms with Crippen LogP contribution in [0.2, 0.25) is 0 Å². The van der Waals surface area contributed by atoms with Gasteiger partial charge in [-0.15, -0.1) is 5.11 Å². The van der Waals surface area contributed by atoms with E-state index in [9.17, 15) is 0 Å². The van der Waals surface area contributed by atoms with Crippen molar-refractivity contribution in [2.45, 2.75) is 6.42 Å². The second kappa shape index (κ2) is 2.70. The molecule has 0 saturated heterocycles. The van der Waals surface area contributed by atoms with E-state index in [-0.39, 0.29) is 0 Å². The molecule has 56 valence electrons. The molecule has 3 heteroatoms. The molecular weight excluding hydrogens is 140 g/mol. The lowest BCUT2D eigenvalue weighted by atomic mass is 10.1. The maximum absolute atomic E-state index is 4.75. The van der Waals surface area contributed by atoms with E-state index in [2.05, 4.69) is 16.5 Å². The number of hydrogen-bond acceptors (Lipinski definition) is 3. The third kappa shape index (κ3) is 1.22. The van der Waals surface area contributed by atoms with Crippen LogP contribution in [0.3, 0.4) is 0 Å². The highest BCUT2D eigenvalue weighted by Gasteiger charge is 2.09. The lowest BCUT2D eigenvalue weighted by molar-refractivity contribution is 0.179. The van der Waals surface area contributed by atoms with Gasteiger partial charge in [0.05, 0.1) is 0 Å². The van der Waals surface area contributed by atoms with Crippen LogP contribution < -0.4 is 0 Å². The zero-order valence-electron chi connectivity index (χ0n) is 6.03. The summed E-state index contributed by atoms with van der Waals surface area (Å²) in [5.74, 6) is 0. The van der Waals surface area contributed by atoms with Gasteiger partial charge in [0, 0.05) is 5.28 Å². The van der Waals surface area contributed by atoms with E-state index in [1.807, 2.05) is 18.2 Å². The molecule has 2 aliphatic rings. The molecule has 0 aromatic heterocycles. The maximum Gasteiger partial charge on any atom is 0.163 e. The van der Waals surface area contributed by atoms with Gasteiger partial charge in [-0.05, 0) is 12.0 Å². The molecule has 11 heavy (non-hydrogen) atoms. The zero-order valence-corrected chi connectivity index (χ0v) is 6.03. The summed E-state index contributed by atoms with van der Waals surface area (Å²) in [4.78, 5) is 4.75. The van der Waals surface area contributed by atoms with Gasteiger partial charge in [0.15, 0.2) is 6.61 Å². The quantitative estimate of drug-likeness (QED) is 0.518. The van der Waals surface area contributed by atoms with Gasteiger partial charge >= 0.3 is 0 Å². The second-order valence-electron chi connectivity index (χ2n) is 2.42. The molecule has 1 heterocycles. The van der Waals surface area contributed by atoms with E-state index in [0.29, 0.717) is 6.61 Å². The molecule has 0 saturated carbocycles. The topological polar surface area (TPSA) is 34.0 Å². The molecule has 0 aromatic rings. The summed E-state index contributed by atoms with van der Waals surface area (Å²) in [5, 5.41) is 7.31. The minimum Gasteiger partial charge on any atom is -0.373 e. The third-order valence-corrected chi connectivity index (χ3v) is 1.67. The molecule has 0 bridgehead atoms. The molecule has 0 spiro atoms. The first-order valence-electron chi connectivity index (χ1n) is 3.55. The Kier molecular flexibility index (Phi) is 1.55. The summed E-state index contributed by atoms with van der Waals surface area (Å²) in [7, 11) is 0. The predicted octanol–water partition coefficient (Wildman–Crippen LogP) is 2.15. The molecule has 0 aromatic carbocycles. The summed E-state index contributed by atoms with van der Waals surface area (Å²) in [5.41, 5.74) is 2.15. The van der Waals surface area contributed by atoms with Crippen LogP contribution in [0.4, 0.5) is 0 Å². The minimum atomic E-state index is 0.521. The van der Waals surface area contributed by atoms with Gasteiger partial charge in [-0.2, -0.15) is 0 Å². The number of nitrogens with zero attached hydrogens (tertiary/aromatic N) is 2. The first-order valence-corrected chi connectivity index (χ1v) is 3.55. The van der Waals surface area contributed by atoms with Gasteiger partial charge in [0.25, 0.3) is 0 Å². The predicted molar refractivity (Wildman–Crippen MR) is 40.7 cm³/mol. The maximum atomic E-state index is 4.75. The Morgan fingerprint density at radius 3 is 3.00 bits per heavy atom. The summed E-state index contributed by atoms with van der Waals surface area (Å²) >= 11 is 0. The molecule has 0 atom stereocenters. The van der Waals surface area contributed by atoms with Gasteiger partial charge in [0.2, 0.25) is 0 Å². The summed E-state index contributed by atoms with van der Waals surface area (Å²) in [6.07, 6.45) is 9.10. The van der Waals surface area contributed by atoms with Crippen LogP contribution in [0.5, 0.6) is 0 Å². The second-order valence-corrected chi connectivity index (χ2v) is 2.42. The highest BCUT2D eigenvalue weighted by molar-refractivity contribution is 5.33. The Morgan fingerprint density at radius 2 is 2.36 bits per heavy atom. The van der Waals surface area contributed by atoms with E-state index in [1.165, 1.54) is 5.57 Å². The molecule has 0 radical (unpaired) electrons. The van der Waals surface area contributed by atoms with E-state index in [1.54, 1.807) is 0 Å². The molecule has 0 unspecified atom stereocenters. The van der Waals surface area contributed by atoms with Gasteiger partial charge in [-0.25, -0.2) is 0 Å². The Balaban J connectivity index is 2.26. The molecule has 0 amide bonds. The first kappa shape index (κ1) is 6.34. The van der Waals surface area contributed by atoms with Crippen molar-refractivity contribution in [3.8, 4) is 0 Å². The molecule has 0 fully saturated rings. The summed E-state index contributed by atoms with van der Waals surface area (Å²) in [6, 6.07) is 0. The van der Waals surface area contributed by atoms with Crippen molar-refractivity contribution in [1.29, 1.82) is 0 Å².